The van der Waals surface area contributed by atoms with Crippen LogP contribution in [0.3, 0.4) is 0 Å². The molecule has 2 fully saturated rings. The van der Waals surface area contributed by atoms with Crippen molar-refractivity contribution in [2.24, 2.45) is 0 Å². The van der Waals surface area contributed by atoms with Gasteiger partial charge < -0.3 is 14.7 Å². The van der Waals surface area contributed by atoms with Crippen molar-refractivity contribution in [2.75, 3.05) is 37.6 Å². The highest BCUT2D eigenvalue weighted by molar-refractivity contribution is 5.95. The topological polar surface area (TPSA) is 26.8 Å². The van der Waals surface area contributed by atoms with Gasteiger partial charge in [0.05, 0.1) is 0 Å². The van der Waals surface area contributed by atoms with E-state index in [0.29, 0.717) is 12.1 Å². The van der Waals surface area contributed by atoms with E-state index in [0.717, 1.165) is 51.1 Å². The number of carbonyl (C=O) groups is 1. The van der Waals surface area contributed by atoms with Gasteiger partial charge in [-0.1, -0.05) is 20.3 Å². The maximum absolute atomic E-state index is 13.3. The Bertz CT molecular complexity index is 588. The molecule has 3 rings (SSSR count). The number of anilines is 1. The van der Waals surface area contributed by atoms with Crippen LogP contribution in [0.5, 0.6) is 0 Å². The number of likely N-dealkylation sites (tertiary alicyclic amines) is 1. The summed E-state index contributed by atoms with van der Waals surface area (Å²) in [6.45, 7) is 12.1. The number of amides is 1. The highest BCUT2D eigenvalue weighted by atomic mass is 16.2. The van der Waals surface area contributed by atoms with Crippen LogP contribution in [0.25, 0.3) is 0 Å². The van der Waals surface area contributed by atoms with Crippen LogP contribution in [0.2, 0.25) is 0 Å². The number of hydrogen-bond acceptors (Lipinski definition) is 3. The number of unbranched alkanes of at least 4 members (excludes halogenated alkanes) is 1. The van der Waals surface area contributed by atoms with E-state index in [2.05, 4.69) is 47.6 Å². The fraction of sp³-hybridized carbons (Fsp3) is 0.696. The van der Waals surface area contributed by atoms with Crippen LogP contribution in [0.15, 0.2) is 24.3 Å². The first-order valence-corrected chi connectivity index (χ1v) is 11.1. The molecule has 0 aromatic heterocycles. The normalized spacial score (nSPS) is 18.5. The largest absolute Gasteiger partial charge is 0.372 e. The van der Waals surface area contributed by atoms with Crippen molar-refractivity contribution < 1.29 is 4.79 Å². The van der Waals surface area contributed by atoms with Crippen LogP contribution >= 0.6 is 0 Å². The standard InChI is InChI=1S/C23H37N3O/c1-4-7-16-25(6-3)20-10-8-19(9-11-20)23(27)26(21-12-13-21)22-14-17-24(5-2)18-15-22/h8-11,21-22H,4-7,12-18H2,1-3H3. The van der Waals surface area contributed by atoms with Crippen molar-refractivity contribution >= 4 is 11.6 Å². The zero-order valence-electron chi connectivity index (χ0n) is 17.5. The van der Waals surface area contributed by atoms with Gasteiger partial charge in [-0.15, -0.1) is 0 Å². The molecule has 0 bridgehead atoms. The van der Waals surface area contributed by atoms with Gasteiger partial charge in [-0.2, -0.15) is 0 Å². The summed E-state index contributed by atoms with van der Waals surface area (Å²) in [5.74, 6) is 0.246. The highest BCUT2D eigenvalue weighted by Crippen LogP contribution is 2.33. The molecule has 1 aliphatic heterocycles. The molecular formula is C23H37N3O. The van der Waals surface area contributed by atoms with E-state index in [-0.39, 0.29) is 5.91 Å². The molecule has 1 saturated heterocycles. The van der Waals surface area contributed by atoms with Crippen molar-refractivity contribution in [3.63, 3.8) is 0 Å². The molecule has 0 unspecified atom stereocenters. The maximum Gasteiger partial charge on any atom is 0.254 e. The summed E-state index contributed by atoms with van der Waals surface area (Å²) in [4.78, 5) is 20.4. The van der Waals surface area contributed by atoms with Gasteiger partial charge in [0.15, 0.2) is 0 Å². The minimum absolute atomic E-state index is 0.246. The molecule has 1 aliphatic carbocycles. The average molecular weight is 372 g/mol. The molecule has 27 heavy (non-hydrogen) atoms. The van der Waals surface area contributed by atoms with Crippen LogP contribution in [0.1, 0.15) is 69.7 Å². The lowest BCUT2D eigenvalue weighted by atomic mass is 10.0. The van der Waals surface area contributed by atoms with Gasteiger partial charge in [-0.3, -0.25) is 4.79 Å². The molecule has 1 aromatic rings. The molecule has 1 aromatic carbocycles. The Labute approximate surface area is 165 Å². The quantitative estimate of drug-likeness (QED) is 0.644. The van der Waals surface area contributed by atoms with Gasteiger partial charge in [-0.25, -0.2) is 0 Å². The van der Waals surface area contributed by atoms with Crippen molar-refractivity contribution in [1.82, 2.24) is 9.80 Å². The first kappa shape index (κ1) is 20.2. The molecule has 1 amide bonds. The lowest BCUT2D eigenvalue weighted by Crippen LogP contribution is -2.48. The van der Waals surface area contributed by atoms with Gasteiger partial charge in [-0.05, 0) is 69.8 Å². The molecule has 0 N–H and O–H groups in total. The number of benzene rings is 1. The second-order valence-electron chi connectivity index (χ2n) is 8.09. The summed E-state index contributed by atoms with van der Waals surface area (Å²) in [5.41, 5.74) is 2.09. The Morgan fingerprint density at radius 2 is 1.63 bits per heavy atom. The first-order valence-electron chi connectivity index (χ1n) is 11.1. The maximum atomic E-state index is 13.3. The van der Waals surface area contributed by atoms with Crippen molar-refractivity contribution in [1.29, 1.82) is 0 Å². The number of carbonyl (C=O) groups excluding carboxylic acids is 1. The van der Waals surface area contributed by atoms with E-state index >= 15 is 0 Å². The third kappa shape index (κ3) is 5.04. The Kier molecular flexibility index (Phi) is 7.17. The minimum atomic E-state index is 0.246. The van der Waals surface area contributed by atoms with Gasteiger partial charge in [0.25, 0.3) is 5.91 Å². The summed E-state index contributed by atoms with van der Waals surface area (Å²) >= 11 is 0. The minimum Gasteiger partial charge on any atom is -0.372 e. The number of rotatable bonds is 9. The van der Waals surface area contributed by atoms with Gasteiger partial charge in [0.1, 0.15) is 0 Å². The average Bonchev–Trinajstić information content (AvgIpc) is 3.55. The van der Waals surface area contributed by atoms with Crippen molar-refractivity contribution in [3.05, 3.63) is 29.8 Å². The SMILES string of the molecule is CCCCN(CC)c1ccc(C(=O)N(C2CC2)C2CCN(CC)CC2)cc1. The Morgan fingerprint density at radius 1 is 1.00 bits per heavy atom. The van der Waals surface area contributed by atoms with Gasteiger partial charge in [0, 0.05) is 49.5 Å². The molecule has 0 radical (unpaired) electrons. The predicted molar refractivity (Wildman–Crippen MR) is 114 cm³/mol. The van der Waals surface area contributed by atoms with E-state index in [1.165, 1.54) is 31.4 Å². The molecule has 4 heteroatoms. The van der Waals surface area contributed by atoms with E-state index in [1.54, 1.807) is 0 Å². The Balaban J connectivity index is 1.67. The van der Waals surface area contributed by atoms with Crippen LogP contribution in [-0.2, 0) is 0 Å². The Hall–Kier alpha value is -1.55. The first-order chi connectivity index (χ1) is 13.2. The predicted octanol–water partition coefficient (Wildman–Crippen LogP) is 4.40. The number of nitrogens with zero attached hydrogens (tertiary/aromatic N) is 3. The summed E-state index contributed by atoms with van der Waals surface area (Å²) in [6.07, 6.45) is 7.02. The van der Waals surface area contributed by atoms with E-state index in [9.17, 15) is 4.79 Å². The number of hydrogen-bond donors (Lipinski definition) is 0. The molecule has 1 saturated carbocycles. The summed E-state index contributed by atoms with van der Waals surface area (Å²) in [7, 11) is 0. The van der Waals surface area contributed by atoms with E-state index in [1.807, 2.05) is 12.1 Å². The van der Waals surface area contributed by atoms with Gasteiger partial charge in [0.2, 0.25) is 0 Å². The van der Waals surface area contributed by atoms with E-state index in [4.69, 9.17) is 0 Å². The molecular weight excluding hydrogens is 334 g/mol. The number of piperidine rings is 1. The third-order valence-electron chi connectivity index (χ3n) is 6.22. The van der Waals surface area contributed by atoms with Crippen LogP contribution in [0.4, 0.5) is 5.69 Å². The van der Waals surface area contributed by atoms with Crippen molar-refractivity contribution in [3.8, 4) is 0 Å². The molecule has 4 nitrogen and oxygen atoms in total. The molecule has 2 aliphatic rings. The summed E-state index contributed by atoms with van der Waals surface area (Å²) < 4.78 is 0. The molecule has 0 atom stereocenters. The molecule has 150 valence electrons. The second kappa shape index (κ2) is 9.59. The second-order valence-corrected chi connectivity index (χ2v) is 8.09. The lowest BCUT2D eigenvalue weighted by Gasteiger charge is -2.38. The fourth-order valence-corrected chi connectivity index (χ4v) is 4.28. The highest BCUT2D eigenvalue weighted by Gasteiger charge is 2.38. The monoisotopic (exact) mass is 371 g/mol. The zero-order valence-corrected chi connectivity index (χ0v) is 17.5. The third-order valence-corrected chi connectivity index (χ3v) is 6.22. The lowest BCUT2D eigenvalue weighted by molar-refractivity contribution is 0.0554. The smallest absolute Gasteiger partial charge is 0.254 e. The fourth-order valence-electron chi connectivity index (χ4n) is 4.28. The molecule has 1 heterocycles. The van der Waals surface area contributed by atoms with Crippen LogP contribution < -0.4 is 4.90 Å². The van der Waals surface area contributed by atoms with Crippen LogP contribution in [0, 0.1) is 0 Å². The van der Waals surface area contributed by atoms with Crippen LogP contribution in [-0.4, -0.2) is 60.5 Å². The van der Waals surface area contributed by atoms with Crippen molar-refractivity contribution in [2.45, 2.75) is 71.4 Å². The van der Waals surface area contributed by atoms with Gasteiger partial charge >= 0.3 is 0 Å². The zero-order chi connectivity index (χ0) is 19.2. The summed E-state index contributed by atoms with van der Waals surface area (Å²) in [6, 6.07) is 9.26. The Morgan fingerprint density at radius 3 is 2.15 bits per heavy atom. The van der Waals surface area contributed by atoms with E-state index < -0.39 is 0 Å². The molecule has 0 spiro atoms. The summed E-state index contributed by atoms with van der Waals surface area (Å²) in [5, 5.41) is 0.